The van der Waals surface area contributed by atoms with Crippen LogP contribution < -0.4 is 10.2 Å². The van der Waals surface area contributed by atoms with Gasteiger partial charge in [0.2, 0.25) is 0 Å². The molecular formula is C14H18N2O3. The number of carbonyl (C=O) groups excluding carboxylic acids is 2. The average Bonchev–Trinajstić information content (AvgIpc) is 2.37. The number of benzene rings is 1. The first kappa shape index (κ1) is 14.9. The van der Waals surface area contributed by atoms with Crippen molar-refractivity contribution in [3.05, 3.63) is 24.3 Å². The molecule has 0 fully saturated rings. The Bertz CT molecular complexity index is 479. The van der Waals surface area contributed by atoms with Gasteiger partial charge in [-0.05, 0) is 18.6 Å². The lowest BCUT2D eigenvalue weighted by atomic mass is 10.2. The van der Waals surface area contributed by atoms with E-state index in [1.807, 2.05) is 19.1 Å². The molecule has 0 aliphatic heterocycles. The summed E-state index contributed by atoms with van der Waals surface area (Å²) in [5.74, 6) is -0.0986. The van der Waals surface area contributed by atoms with Crippen molar-refractivity contribution in [1.82, 2.24) is 0 Å². The topological polar surface area (TPSA) is 67.8 Å². The van der Waals surface area contributed by atoms with Crippen molar-refractivity contribution in [2.75, 3.05) is 12.0 Å². The zero-order valence-corrected chi connectivity index (χ0v) is 11.4. The molecule has 0 unspecified atom stereocenters. The van der Waals surface area contributed by atoms with Gasteiger partial charge in [0.15, 0.2) is 17.3 Å². The van der Waals surface area contributed by atoms with E-state index in [9.17, 15) is 9.59 Å². The number of nitrogens with one attached hydrogen (secondary N) is 1. The van der Waals surface area contributed by atoms with Crippen LogP contribution in [0.15, 0.2) is 29.4 Å². The number of hydrazone groups is 1. The van der Waals surface area contributed by atoms with Crippen molar-refractivity contribution in [2.24, 2.45) is 5.10 Å². The lowest BCUT2D eigenvalue weighted by molar-refractivity contribution is -0.114. The minimum Gasteiger partial charge on any atom is -0.491 e. The fourth-order valence-electron chi connectivity index (χ4n) is 1.42. The van der Waals surface area contributed by atoms with E-state index in [0.29, 0.717) is 18.0 Å². The molecule has 0 amide bonds. The van der Waals surface area contributed by atoms with Crippen molar-refractivity contribution in [2.45, 2.75) is 27.2 Å². The Kier molecular flexibility index (Phi) is 5.73. The average molecular weight is 262 g/mol. The van der Waals surface area contributed by atoms with Gasteiger partial charge in [0.1, 0.15) is 5.75 Å². The van der Waals surface area contributed by atoms with E-state index < -0.39 is 0 Å². The van der Waals surface area contributed by atoms with Gasteiger partial charge >= 0.3 is 0 Å². The zero-order valence-electron chi connectivity index (χ0n) is 11.4. The molecule has 0 bridgehead atoms. The highest BCUT2D eigenvalue weighted by atomic mass is 16.5. The summed E-state index contributed by atoms with van der Waals surface area (Å²) in [6, 6.07) is 7.23. The second-order valence-corrected chi connectivity index (χ2v) is 4.03. The van der Waals surface area contributed by atoms with Gasteiger partial charge < -0.3 is 4.74 Å². The van der Waals surface area contributed by atoms with Gasteiger partial charge in [-0.1, -0.05) is 19.1 Å². The van der Waals surface area contributed by atoms with E-state index in [2.05, 4.69) is 10.5 Å². The quantitative estimate of drug-likeness (QED) is 0.465. The van der Waals surface area contributed by atoms with Crippen molar-refractivity contribution in [1.29, 1.82) is 0 Å². The van der Waals surface area contributed by atoms with Crippen LogP contribution in [0.3, 0.4) is 0 Å². The molecule has 0 aliphatic carbocycles. The molecule has 19 heavy (non-hydrogen) atoms. The Morgan fingerprint density at radius 3 is 2.42 bits per heavy atom. The lowest BCUT2D eigenvalue weighted by Crippen LogP contribution is -2.20. The molecule has 0 saturated carbocycles. The molecule has 0 saturated heterocycles. The van der Waals surface area contributed by atoms with E-state index in [0.717, 1.165) is 6.42 Å². The number of nitrogens with zero attached hydrogens (tertiary/aromatic N) is 1. The first-order chi connectivity index (χ1) is 9.06. The highest BCUT2D eigenvalue weighted by Crippen LogP contribution is 2.23. The van der Waals surface area contributed by atoms with Crippen LogP contribution in [-0.2, 0) is 9.59 Å². The van der Waals surface area contributed by atoms with Crippen LogP contribution in [0.2, 0.25) is 0 Å². The molecule has 102 valence electrons. The summed E-state index contributed by atoms with van der Waals surface area (Å²) in [7, 11) is 0. The Hall–Kier alpha value is -2.17. The largest absolute Gasteiger partial charge is 0.491 e. The van der Waals surface area contributed by atoms with Crippen LogP contribution in [0.25, 0.3) is 0 Å². The minimum absolute atomic E-state index is 0.106. The molecule has 0 aliphatic rings. The maximum absolute atomic E-state index is 11.2. The highest BCUT2D eigenvalue weighted by molar-refractivity contribution is 6.65. The van der Waals surface area contributed by atoms with Crippen molar-refractivity contribution in [3.8, 4) is 5.75 Å². The molecule has 1 N–H and O–H groups in total. The SMILES string of the molecule is CCCOc1ccccc1NN=C(C(C)=O)C(C)=O. The van der Waals surface area contributed by atoms with Crippen molar-refractivity contribution >= 4 is 23.0 Å². The summed E-state index contributed by atoms with van der Waals surface area (Å²) in [5, 5.41) is 3.85. The number of carbonyl (C=O) groups is 2. The van der Waals surface area contributed by atoms with E-state index in [4.69, 9.17) is 4.74 Å². The molecule has 5 nitrogen and oxygen atoms in total. The molecule has 0 aromatic heterocycles. The number of ether oxygens (including phenoxy) is 1. The standard InChI is InChI=1S/C14H18N2O3/c1-4-9-19-13-8-6-5-7-12(13)15-16-14(10(2)17)11(3)18/h5-8,15H,4,9H2,1-3H3. The Balaban J connectivity index is 2.89. The molecule has 0 heterocycles. The summed E-state index contributed by atoms with van der Waals surface area (Å²) in [5.41, 5.74) is 3.22. The number of rotatable bonds is 7. The van der Waals surface area contributed by atoms with Gasteiger partial charge in [-0.2, -0.15) is 5.10 Å². The summed E-state index contributed by atoms with van der Waals surface area (Å²) in [6.45, 7) is 5.22. The van der Waals surface area contributed by atoms with Crippen LogP contribution in [0, 0.1) is 0 Å². The van der Waals surface area contributed by atoms with Crippen LogP contribution in [0.1, 0.15) is 27.2 Å². The van der Waals surface area contributed by atoms with Crippen molar-refractivity contribution in [3.63, 3.8) is 0 Å². The number of anilines is 1. The zero-order chi connectivity index (χ0) is 14.3. The van der Waals surface area contributed by atoms with E-state index in [1.54, 1.807) is 12.1 Å². The lowest BCUT2D eigenvalue weighted by Gasteiger charge is -2.10. The number of hydrogen-bond acceptors (Lipinski definition) is 5. The van der Waals surface area contributed by atoms with Crippen LogP contribution in [-0.4, -0.2) is 23.9 Å². The van der Waals surface area contributed by atoms with Gasteiger partial charge in [-0.25, -0.2) is 0 Å². The van der Waals surface area contributed by atoms with Gasteiger partial charge in [0.05, 0.1) is 12.3 Å². The van der Waals surface area contributed by atoms with E-state index >= 15 is 0 Å². The molecule has 5 heteroatoms. The van der Waals surface area contributed by atoms with Gasteiger partial charge in [-0.15, -0.1) is 0 Å². The first-order valence-corrected chi connectivity index (χ1v) is 6.13. The number of para-hydroxylation sites is 2. The van der Waals surface area contributed by atoms with Crippen LogP contribution in [0.4, 0.5) is 5.69 Å². The van der Waals surface area contributed by atoms with E-state index in [-0.39, 0.29) is 17.3 Å². The van der Waals surface area contributed by atoms with Gasteiger partial charge in [0, 0.05) is 13.8 Å². The summed E-state index contributed by atoms with van der Waals surface area (Å²) in [6.07, 6.45) is 0.893. The third kappa shape index (κ3) is 4.54. The molecule has 1 aromatic rings. The highest BCUT2D eigenvalue weighted by Gasteiger charge is 2.12. The molecule has 0 spiro atoms. The molecule has 0 atom stereocenters. The smallest absolute Gasteiger partial charge is 0.183 e. The predicted octanol–water partition coefficient (Wildman–Crippen LogP) is 2.42. The van der Waals surface area contributed by atoms with Gasteiger partial charge in [-0.3, -0.25) is 15.0 Å². The Labute approximate surface area is 112 Å². The van der Waals surface area contributed by atoms with Crippen molar-refractivity contribution < 1.29 is 14.3 Å². The first-order valence-electron chi connectivity index (χ1n) is 6.13. The number of ketones is 2. The molecule has 0 radical (unpaired) electrons. The fourth-order valence-corrected chi connectivity index (χ4v) is 1.42. The number of hydrogen-bond donors (Lipinski definition) is 1. The second kappa shape index (κ2) is 7.31. The van der Waals surface area contributed by atoms with Crippen LogP contribution in [0.5, 0.6) is 5.75 Å². The Morgan fingerprint density at radius 2 is 1.84 bits per heavy atom. The molecular weight excluding hydrogens is 244 g/mol. The Morgan fingerprint density at radius 1 is 1.21 bits per heavy atom. The third-order valence-corrected chi connectivity index (χ3v) is 2.30. The summed E-state index contributed by atoms with van der Waals surface area (Å²) < 4.78 is 5.54. The normalized spacial score (nSPS) is 9.63. The fraction of sp³-hybridized carbons (Fsp3) is 0.357. The van der Waals surface area contributed by atoms with Crippen LogP contribution >= 0.6 is 0 Å². The monoisotopic (exact) mass is 262 g/mol. The predicted molar refractivity (Wildman–Crippen MR) is 74.6 cm³/mol. The van der Waals surface area contributed by atoms with Gasteiger partial charge in [0.25, 0.3) is 0 Å². The summed E-state index contributed by atoms with van der Waals surface area (Å²) >= 11 is 0. The second-order valence-electron chi connectivity index (χ2n) is 4.03. The maximum atomic E-state index is 11.2. The third-order valence-electron chi connectivity index (χ3n) is 2.30. The minimum atomic E-state index is -0.369. The van der Waals surface area contributed by atoms with E-state index in [1.165, 1.54) is 13.8 Å². The molecule has 1 aromatic carbocycles. The summed E-state index contributed by atoms with van der Waals surface area (Å²) in [4.78, 5) is 22.5. The maximum Gasteiger partial charge on any atom is 0.183 e. The molecule has 1 rings (SSSR count). The number of Topliss-reactive ketones (excluding diaryl/α,β-unsaturated/α-hetero) is 2.